The van der Waals surface area contributed by atoms with Crippen molar-refractivity contribution in [3.05, 3.63) is 0 Å². The molecule has 1 heterocycles. The normalized spacial score (nSPS) is 27.6. The third-order valence-electron chi connectivity index (χ3n) is 2.59. The van der Waals surface area contributed by atoms with Gasteiger partial charge in [0, 0.05) is 13.2 Å². The molecule has 0 radical (unpaired) electrons. The molecule has 70 valence electrons. The zero-order valence-corrected chi connectivity index (χ0v) is 7.45. The van der Waals surface area contributed by atoms with Crippen molar-refractivity contribution in [3.8, 4) is 0 Å². The quantitative estimate of drug-likeness (QED) is 0.687. The van der Waals surface area contributed by atoms with E-state index in [1.807, 2.05) is 0 Å². The van der Waals surface area contributed by atoms with Gasteiger partial charge < -0.3 is 9.84 Å². The van der Waals surface area contributed by atoms with Crippen LogP contribution in [-0.2, 0) is 9.53 Å². The molecule has 1 N–H and O–H groups in total. The summed E-state index contributed by atoms with van der Waals surface area (Å²) in [6.07, 6.45) is 2.89. The Labute approximate surface area is 72.7 Å². The van der Waals surface area contributed by atoms with Crippen molar-refractivity contribution in [3.63, 3.8) is 0 Å². The summed E-state index contributed by atoms with van der Waals surface area (Å²) < 4.78 is 5.26. The zero-order valence-electron chi connectivity index (χ0n) is 7.45. The largest absolute Gasteiger partial charge is 0.481 e. The summed E-state index contributed by atoms with van der Waals surface area (Å²) >= 11 is 0. The Morgan fingerprint density at radius 2 is 2.25 bits per heavy atom. The molecular formula is C9H16O3. The van der Waals surface area contributed by atoms with E-state index in [4.69, 9.17) is 9.84 Å². The van der Waals surface area contributed by atoms with E-state index in [1.54, 1.807) is 6.92 Å². The van der Waals surface area contributed by atoms with Gasteiger partial charge in [0.1, 0.15) is 0 Å². The number of carbonyl (C=O) groups is 1. The van der Waals surface area contributed by atoms with E-state index in [-0.39, 0.29) is 5.92 Å². The van der Waals surface area contributed by atoms with Crippen LogP contribution in [0.2, 0.25) is 0 Å². The highest BCUT2D eigenvalue weighted by Gasteiger charge is 2.24. The van der Waals surface area contributed by atoms with Crippen LogP contribution < -0.4 is 0 Å². The van der Waals surface area contributed by atoms with E-state index in [0.717, 1.165) is 32.5 Å². The highest BCUT2D eigenvalue weighted by molar-refractivity contribution is 5.69. The third-order valence-corrected chi connectivity index (χ3v) is 2.59. The first kappa shape index (κ1) is 9.52. The summed E-state index contributed by atoms with van der Waals surface area (Å²) in [6, 6.07) is 0. The fourth-order valence-corrected chi connectivity index (χ4v) is 1.63. The Balaban J connectivity index is 2.42. The molecule has 0 aliphatic carbocycles. The van der Waals surface area contributed by atoms with E-state index < -0.39 is 5.97 Å². The van der Waals surface area contributed by atoms with Crippen molar-refractivity contribution in [2.75, 3.05) is 13.2 Å². The second-order valence-electron chi connectivity index (χ2n) is 3.43. The Hall–Kier alpha value is -0.570. The van der Waals surface area contributed by atoms with E-state index in [9.17, 15) is 4.79 Å². The van der Waals surface area contributed by atoms with Crippen molar-refractivity contribution in [1.82, 2.24) is 0 Å². The van der Waals surface area contributed by atoms with Crippen LogP contribution in [0.1, 0.15) is 26.2 Å². The van der Waals surface area contributed by atoms with Gasteiger partial charge in [0.2, 0.25) is 0 Å². The molecular weight excluding hydrogens is 156 g/mol. The maximum Gasteiger partial charge on any atom is 0.306 e. The van der Waals surface area contributed by atoms with E-state index in [2.05, 4.69) is 0 Å². The maximum atomic E-state index is 10.7. The minimum absolute atomic E-state index is 0.216. The van der Waals surface area contributed by atoms with Crippen molar-refractivity contribution in [1.29, 1.82) is 0 Å². The van der Waals surface area contributed by atoms with Gasteiger partial charge in [-0.25, -0.2) is 0 Å². The van der Waals surface area contributed by atoms with Crippen molar-refractivity contribution in [2.24, 2.45) is 11.8 Å². The molecule has 1 aliphatic heterocycles. The van der Waals surface area contributed by atoms with Crippen LogP contribution in [0.15, 0.2) is 0 Å². The molecule has 3 heteroatoms. The van der Waals surface area contributed by atoms with E-state index in [0.29, 0.717) is 5.92 Å². The Bertz CT molecular complexity index is 148. The lowest BCUT2D eigenvalue weighted by molar-refractivity contribution is -0.143. The third kappa shape index (κ3) is 2.48. The summed E-state index contributed by atoms with van der Waals surface area (Å²) in [5.41, 5.74) is 0. The predicted octanol–water partition coefficient (Wildman–Crippen LogP) is 1.52. The van der Waals surface area contributed by atoms with E-state index >= 15 is 0 Å². The monoisotopic (exact) mass is 172 g/mol. The predicted molar refractivity (Wildman–Crippen MR) is 45.0 cm³/mol. The molecule has 3 nitrogen and oxygen atoms in total. The lowest BCUT2D eigenvalue weighted by Gasteiger charge is -2.17. The van der Waals surface area contributed by atoms with Crippen LogP contribution in [0.3, 0.4) is 0 Å². The first-order chi connectivity index (χ1) is 5.72. The van der Waals surface area contributed by atoms with Gasteiger partial charge in [0.05, 0.1) is 5.92 Å². The summed E-state index contributed by atoms with van der Waals surface area (Å²) in [5.74, 6) is -0.585. The van der Waals surface area contributed by atoms with Gasteiger partial charge in [-0.2, -0.15) is 0 Å². The lowest BCUT2D eigenvalue weighted by atomic mass is 9.88. The smallest absolute Gasteiger partial charge is 0.306 e. The molecule has 12 heavy (non-hydrogen) atoms. The molecule has 0 aromatic rings. The Morgan fingerprint density at radius 1 is 1.50 bits per heavy atom. The van der Waals surface area contributed by atoms with Crippen molar-refractivity contribution in [2.45, 2.75) is 26.2 Å². The summed E-state index contributed by atoms with van der Waals surface area (Å²) in [6.45, 7) is 3.31. The average molecular weight is 172 g/mol. The van der Waals surface area contributed by atoms with Gasteiger partial charge in [-0.1, -0.05) is 6.92 Å². The van der Waals surface area contributed by atoms with Crippen LogP contribution in [0, 0.1) is 11.8 Å². The molecule has 1 saturated heterocycles. The summed E-state index contributed by atoms with van der Waals surface area (Å²) in [5, 5.41) is 8.79. The summed E-state index contributed by atoms with van der Waals surface area (Å²) in [7, 11) is 0. The molecule has 0 aromatic carbocycles. The highest BCUT2D eigenvalue weighted by atomic mass is 16.5. The molecule has 1 fully saturated rings. The first-order valence-corrected chi connectivity index (χ1v) is 4.52. The average Bonchev–Trinajstić information content (AvgIpc) is 2.30. The molecule has 2 atom stereocenters. The van der Waals surface area contributed by atoms with Crippen LogP contribution >= 0.6 is 0 Å². The molecule has 2 unspecified atom stereocenters. The van der Waals surface area contributed by atoms with Crippen LogP contribution in [0.25, 0.3) is 0 Å². The number of rotatable bonds is 2. The minimum Gasteiger partial charge on any atom is -0.481 e. The number of carboxylic acids is 1. The summed E-state index contributed by atoms with van der Waals surface area (Å²) in [4.78, 5) is 10.7. The SMILES string of the molecule is CC(C(=O)O)C1CCCOCC1. The molecule has 0 spiro atoms. The first-order valence-electron chi connectivity index (χ1n) is 4.52. The standard InChI is InChI=1S/C9H16O3/c1-7(9(10)11)8-3-2-5-12-6-4-8/h7-8H,2-6H2,1H3,(H,10,11). The van der Waals surface area contributed by atoms with Gasteiger partial charge in [0.25, 0.3) is 0 Å². The van der Waals surface area contributed by atoms with Crippen molar-refractivity contribution < 1.29 is 14.6 Å². The maximum absolute atomic E-state index is 10.7. The minimum atomic E-state index is -0.679. The van der Waals surface area contributed by atoms with Crippen molar-refractivity contribution >= 4 is 5.97 Å². The number of ether oxygens (including phenoxy) is 1. The number of hydrogen-bond acceptors (Lipinski definition) is 2. The Kier molecular flexibility index (Phi) is 3.53. The van der Waals surface area contributed by atoms with Gasteiger partial charge in [-0.05, 0) is 25.2 Å². The number of carboxylic acid groups (broad SMARTS) is 1. The molecule has 0 bridgehead atoms. The molecule has 0 amide bonds. The van der Waals surface area contributed by atoms with E-state index in [1.165, 1.54) is 0 Å². The molecule has 1 rings (SSSR count). The van der Waals surface area contributed by atoms with Gasteiger partial charge in [-0.3, -0.25) is 4.79 Å². The Morgan fingerprint density at radius 3 is 2.92 bits per heavy atom. The number of hydrogen-bond donors (Lipinski definition) is 1. The number of aliphatic carboxylic acids is 1. The fraction of sp³-hybridized carbons (Fsp3) is 0.889. The second kappa shape index (κ2) is 4.45. The van der Waals surface area contributed by atoms with Gasteiger partial charge in [-0.15, -0.1) is 0 Å². The lowest BCUT2D eigenvalue weighted by Crippen LogP contribution is -2.20. The topological polar surface area (TPSA) is 46.5 Å². The molecule has 0 aromatic heterocycles. The molecule has 0 saturated carbocycles. The van der Waals surface area contributed by atoms with Gasteiger partial charge >= 0.3 is 5.97 Å². The van der Waals surface area contributed by atoms with Gasteiger partial charge in [0.15, 0.2) is 0 Å². The van der Waals surface area contributed by atoms with Crippen LogP contribution in [0.4, 0.5) is 0 Å². The fourth-order valence-electron chi connectivity index (χ4n) is 1.63. The molecule has 1 aliphatic rings. The highest BCUT2D eigenvalue weighted by Crippen LogP contribution is 2.23. The second-order valence-corrected chi connectivity index (χ2v) is 3.43. The van der Waals surface area contributed by atoms with Crippen LogP contribution in [-0.4, -0.2) is 24.3 Å². The van der Waals surface area contributed by atoms with Crippen LogP contribution in [0.5, 0.6) is 0 Å². The zero-order chi connectivity index (χ0) is 8.97.